The van der Waals surface area contributed by atoms with Crippen molar-refractivity contribution in [3.63, 3.8) is 0 Å². The van der Waals surface area contributed by atoms with E-state index < -0.39 is 35.2 Å². The highest BCUT2D eigenvalue weighted by Gasteiger charge is 2.17. The first-order chi connectivity index (χ1) is 11.0. The summed E-state index contributed by atoms with van der Waals surface area (Å²) < 4.78 is 31.3. The molecule has 2 amide bonds. The second kappa shape index (κ2) is 7.50. The van der Waals surface area contributed by atoms with Gasteiger partial charge in [0.2, 0.25) is 0 Å². The van der Waals surface area contributed by atoms with Gasteiger partial charge in [0, 0.05) is 12.6 Å². The van der Waals surface area contributed by atoms with Crippen molar-refractivity contribution in [1.29, 1.82) is 0 Å². The molecule has 0 aliphatic heterocycles. The molecule has 1 atom stereocenters. The highest BCUT2D eigenvalue weighted by Crippen LogP contribution is 2.16. The van der Waals surface area contributed by atoms with E-state index in [0.717, 1.165) is 18.2 Å². The lowest BCUT2D eigenvalue weighted by Crippen LogP contribution is -2.36. The SMILES string of the molecule is O=C(NCCC(O)c1ccco1)C(=O)Nc1cc(F)ccc1F. The lowest BCUT2D eigenvalue weighted by Gasteiger charge is -2.09. The first-order valence-corrected chi connectivity index (χ1v) is 6.73. The predicted molar refractivity (Wildman–Crippen MR) is 76.3 cm³/mol. The zero-order valence-electron chi connectivity index (χ0n) is 11.9. The number of nitrogens with one attached hydrogen (secondary N) is 2. The van der Waals surface area contributed by atoms with Gasteiger partial charge in [-0.05, 0) is 30.7 Å². The molecule has 23 heavy (non-hydrogen) atoms. The van der Waals surface area contributed by atoms with Crippen molar-refractivity contribution in [3.8, 4) is 0 Å². The lowest BCUT2D eigenvalue weighted by molar-refractivity contribution is -0.136. The Kier molecular flexibility index (Phi) is 5.42. The van der Waals surface area contributed by atoms with E-state index in [2.05, 4.69) is 5.32 Å². The molecule has 2 rings (SSSR count). The molecule has 0 aliphatic rings. The maximum Gasteiger partial charge on any atom is 0.313 e. The van der Waals surface area contributed by atoms with Gasteiger partial charge in [0.05, 0.1) is 12.0 Å². The highest BCUT2D eigenvalue weighted by atomic mass is 19.1. The Hall–Kier alpha value is -2.74. The van der Waals surface area contributed by atoms with Crippen LogP contribution in [-0.2, 0) is 9.59 Å². The Bertz CT molecular complexity index is 689. The molecule has 3 N–H and O–H groups in total. The Morgan fingerprint density at radius 2 is 2.00 bits per heavy atom. The molecule has 0 aliphatic carbocycles. The number of carbonyl (C=O) groups excluding carboxylic acids is 2. The van der Waals surface area contributed by atoms with Gasteiger partial charge >= 0.3 is 11.8 Å². The standard InChI is InChI=1S/C15H14F2N2O4/c16-9-3-4-10(17)11(8-9)19-15(22)14(21)18-6-5-12(20)13-2-1-7-23-13/h1-4,7-8,12,20H,5-6H2,(H,18,21)(H,19,22). The van der Waals surface area contributed by atoms with Crippen molar-refractivity contribution in [3.05, 3.63) is 54.0 Å². The molecular formula is C15H14F2N2O4. The molecule has 0 saturated heterocycles. The fourth-order valence-corrected chi connectivity index (χ4v) is 1.80. The van der Waals surface area contributed by atoms with E-state index in [1.807, 2.05) is 5.32 Å². The van der Waals surface area contributed by atoms with Crippen LogP contribution in [0.1, 0.15) is 18.3 Å². The number of carbonyl (C=O) groups is 2. The minimum atomic E-state index is -1.14. The molecule has 0 bridgehead atoms. The van der Waals surface area contributed by atoms with E-state index in [9.17, 15) is 23.5 Å². The van der Waals surface area contributed by atoms with Gasteiger partial charge in [0.1, 0.15) is 23.5 Å². The van der Waals surface area contributed by atoms with E-state index in [1.54, 1.807) is 12.1 Å². The Labute approximate surface area is 130 Å². The molecule has 0 spiro atoms. The number of furan rings is 1. The molecule has 2 aromatic rings. The van der Waals surface area contributed by atoms with Crippen LogP contribution in [0, 0.1) is 11.6 Å². The minimum absolute atomic E-state index is 0.000245. The summed E-state index contributed by atoms with van der Waals surface area (Å²) in [6, 6.07) is 5.68. The predicted octanol–water partition coefficient (Wildman–Crippen LogP) is 1.74. The lowest BCUT2D eigenvalue weighted by atomic mass is 10.2. The molecule has 0 radical (unpaired) electrons. The summed E-state index contributed by atoms with van der Waals surface area (Å²) in [5, 5.41) is 14.0. The number of hydrogen-bond acceptors (Lipinski definition) is 4. The normalized spacial score (nSPS) is 11.8. The van der Waals surface area contributed by atoms with Gasteiger partial charge < -0.3 is 20.2 Å². The van der Waals surface area contributed by atoms with Crippen molar-refractivity contribution >= 4 is 17.5 Å². The molecule has 0 fully saturated rings. The average Bonchev–Trinajstić information content (AvgIpc) is 3.05. The van der Waals surface area contributed by atoms with Gasteiger partial charge in [-0.3, -0.25) is 9.59 Å². The third-order valence-electron chi connectivity index (χ3n) is 2.96. The van der Waals surface area contributed by atoms with Crippen LogP contribution in [0.4, 0.5) is 14.5 Å². The van der Waals surface area contributed by atoms with E-state index in [4.69, 9.17) is 4.42 Å². The topological polar surface area (TPSA) is 91.6 Å². The number of aliphatic hydroxyl groups is 1. The zero-order valence-corrected chi connectivity index (χ0v) is 11.9. The van der Waals surface area contributed by atoms with Crippen LogP contribution in [0.25, 0.3) is 0 Å². The van der Waals surface area contributed by atoms with Gasteiger partial charge in [0.25, 0.3) is 0 Å². The van der Waals surface area contributed by atoms with Crippen LogP contribution >= 0.6 is 0 Å². The van der Waals surface area contributed by atoms with Crippen LogP contribution in [0.3, 0.4) is 0 Å². The van der Waals surface area contributed by atoms with Crippen LogP contribution < -0.4 is 10.6 Å². The number of hydrogen-bond donors (Lipinski definition) is 3. The summed E-state index contributed by atoms with van der Waals surface area (Å²) in [6.45, 7) is -0.000245. The zero-order chi connectivity index (χ0) is 16.8. The monoisotopic (exact) mass is 324 g/mol. The fraction of sp³-hybridized carbons (Fsp3) is 0.200. The fourth-order valence-electron chi connectivity index (χ4n) is 1.80. The van der Waals surface area contributed by atoms with Crippen molar-refractivity contribution in [2.24, 2.45) is 0 Å². The summed E-state index contributed by atoms with van der Waals surface area (Å²) >= 11 is 0. The van der Waals surface area contributed by atoms with E-state index in [-0.39, 0.29) is 13.0 Å². The Morgan fingerprint density at radius 3 is 2.70 bits per heavy atom. The van der Waals surface area contributed by atoms with Crippen molar-refractivity contribution in [2.45, 2.75) is 12.5 Å². The second-order valence-electron chi connectivity index (χ2n) is 4.65. The van der Waals surface area contributed by atoms with E-state index in [1.165, 1.54) is 6.26 Å². The molecule has 122 valence electrons. The summed E-state index contributed by atoms with van der Waals surface area (Å²) in [4.78, 5) is 23.2. The van der Waals surface area contributed by atoms with Crippen LogP contribution in [0.15, 0.2) is 41.0 Å². The highest BCUT2D eigenvalue weighted by molar-refractivity contribution is 6.39. The largest absolute Gasteiger partial charge is 0.467 e. The number of benzene rings is 1. The smallest absolute Gasteiger partial charge is 0.313 e. The van der Waals surface area contributed by atoms with Gasteiger partial charge in [-0.2, -0.15) is 0 Å². The van der Waals surface area contributed by atoms with Crippen LogP contribution in [0.5, 0.6) is 0 Å². The van der Waals surface area contributed by atoms with Gasteiger partial charge in [0.15, 0.2) is 0 Å². The number of halogens is 2. The molecule has 1 aromatic carbocycles. The molecule has 1 heterocycles. The Balaban J connectivity index is 1.81. The van der Waals surface area contributed by atoms with Crippen LogP contribution in [-0.4, -0.2) is 23.5 Å². The molecule has 1 aromatic heterocycles. The molecule has 6 nitrogen and oxygen atoms in total. The number of amides is 2. The van der Waals surface area contributed by atoms with Gasteiger partial charge in [-0.15, -0.1) is 0 Å². The maximum atomic E-state index is 13.4. The van der Waals surface area contributed by atoms with Gasteiger partial charge in [-0.25, -0.2) is 8.78 Å². The molecule has 0 saturated carbocycles. The number of anilines is 1. The third-order valence-corrected chi connectivity index (χ3v) is 2.96. The van der Waals surface area contributed by atoms with E-state index in [0.29, 0.717) is 5.76 Å². The van der Waals surface area contributed by atoms with Crippen molar-refractivity contribution in [2.75, 3.05) is 11.9 Å². The summed E-state index contributed by atoms with van der Waals surface area (Å²) in [5.41, 5.74) is -0.430. The summed E-state index contributed by atoms with van der Waals surface area (Å²) in [7, 11) is 0. The minimum Gasteiger partial charge on any atom is -0.467 e. The molecule has 1 unspecified atom stereocenters. The average molecular weight is 324 g/mol. The van der Waals surface area contributed by atoms with Gasteiger partial charge in [-0.1, -0.05) is 0 Å². The number of aliphatic hydroxyl groups excluding tert-OH is 1. The van der Waals surface area contributed by atoms with Crippen molar-refractivity contribution in [1.82, 2.24) is 5.32 Å². The summed E-state index contributed by atoms with van der Waals surface area (Å²) in [6.07, 6.45) is 0.605. The van der Waals surface area contributed by atoms with E-state index >= 15 is 0 Å². The first-order valence-electron chi connectivity index (χ1n) is 6.73. The quantitative estimate of drug-likeness (QED) is 0.731. The van der Waals surface area contributed by atoms with Crippen LogP contribution in [0.2, 0.25) is 0 Å². The van der Waals surface area contributed by atoms with Crippen molar-refractivity contribution < 1.29 is 27.9 Å². The maximum absolute atomic E-state index is 13.4. The summed E-state index contributed by atoms with van der Waals surface area (Å²) in [5.74, 6) is -3.43. The Morgan fingerprint density at radius 1 is 1.22 bits per heavy atom. The molecule has 8 heteroatoms. The second-order valence-corrected chi connectivity index (χ2v) is 4.65. The molecular weight excluding hydrogens is 310 g/mol. The number of rotatable bonds is 5. The first kappa shape index (κ1) is 16.6. The third kappa shape index (κ3) is 4.62.